The summed E-state index contributed by atoms with van der Waals surface area (Å²) < 4.78 is 0. The molecule has 0 aromatic heterocycles. The molecule has 0 radical (unpaired) electrons. The van der Waals surface area contributed by atoms with Gasteiger partial charge in [0.25, 0.3) is 0 Å². The second-order valence-electron chi connectivity index (χ2n) is 1.55. The summed E-state index contributed by atoms with van der Waals surface area (Å²) in [6, 6.07) is 0. The van der Waals surface area contributed by atoms with Crippen LogP contribution in [0.3, 0.4) is 0 Å². The Morgan fingerprint density at radius 3 is 2.29 bits per heavy atom. The second-order valence-corrected chi connectivity index (χ2v) is 1.55. The molecule has 1 aliphatic rings. The maximum Gasteiger partial charge on any atom is 0.0827 e. The molecule has 0 N–H and O–H groups in total. The lowest BCUT2D eigenvalue weighted by atomic mass is 10.3. The second kappa shape index (κ2) is 1.87. The summed E-state index contributed by atoms with van der Waals surface area (Å²) in [6.45, 7) is 3.68. The fraction of sp³-hybridized carbons (Fsp3) is 0.600. The lowest BCUT2D eigenvalue weighted by Crippen LogP contribution is -1.81. The highest BCUT2D eigenvalue weighted by atomic mass is 15.1. The van der Waals surface area contributed by atoms with Crippen molar-refractivity contribution in [3.05, 3.63) is 11.6 Å². The molecule has 1 aliphatic heterocycles. The van der Waals surface area contributed by atoms with Gasteiger partial charge in [0.15, 0.2) is 0 Å². The summed E-state index contributed by atoms with van der Waals surface area (Å²) in [5.41, 5.74) is 1.33. The van der Waals surface area contributed by atoms with Crippen molar-refractivity contribution in [3.8, 4) is 0 Å². The Bertz CT molecular complexity index is 103. The van der Waals surface area contributed by atoms with Gasteiger partial charge in [-0.15, -0.1) is 0 Å². The maximum absolute atomic E-state index is 3.79. The van der Waals surface area contributed by atoms with Crippen LogP contribution in [0.5, 0.6) is 0 Å². The van der Waals surface area contributed by atoms with Gasteiger partial charge in [0.2, 0.25) is 0 Å². The van der Waals surface area contributed by atoms with E-state index in [4.69, 9.17) is 0 Å². The van der Waals surface area contributed by atoms with E-state index in [0.717, 1.165) is 13.1 Å². The van der Waals surface area contributed by atoms with Gasteiger partial charge < -0.3 is 0 Å². The van der Waals surface area contributed by atoms with Crippen LogP contribution in [-0.2, 0) is 0 Å². The van der Waals surface area contributed by atoms with Crippen LogP contribution < -0.4 is 0 Å². The third kappa shape index (κ3) is 0.856. The molecule has 0 aromatic carbocycles. The minimum Gasteiger partial charge on any atom is -0.189 e. The van der Waals surface area contributed by atoms with Gasteiger partial charge in [0.05, 0.1) is 13.1 Å². The minimum atomic E-state index is 0.830. The Kier molecular flexibility index (Phi) is 1.20. The molecule has 0 amide bonds. The molecular formula is C5H8N2. The SMILES string of the molecule is CC=C1CN=NC1. The molecule has 0 saturated heterocycles. The first-order chi connectivity index (χ1) is 3.43. The molecule has 0 aliphatic carbocycles. The van der Waals surface area contributed by atoms with Crippen molar-refractivity contribution in [1.82, 2.24) is 0 Å². The molecule has 0 bridgehead atoms. The predicted octanol–water partition coefficient (Wildman–Crippen LogP) is 1.40. The highest BCUT2D eigenvalue weighted by molar-refractivity contribution is 5.06. The minimum absolute atomic E-state index is 0.830. The molecule has 0 spiro atoms. The van der Waals surface area contributed by atoms with E-state index in [9.17, 15) is 0 Å². The molecule has 2 heteroatoms. The number of rotatable bonds is 0. The van der Waals surface area contributed by atoms with Crippen LogP contribution in [0.25, 0.3) is 0 Å². The van der Waals surface area contributed by atoms with Gasteiger partial charge in [-0.25, -0.2) is 0 Å². The number of hydrogen-bond donors (Lipinski definition) is 0. The van der Waals surface area contributed by atoms with Crippen molar-refractivity contribution in [1.29, 1.82) is 0 Å². The van der Waals surface area contributed by atoms with Crippen LogP contribution in [0, 0.1) is 0 Å². The van der Waals surface area contributed by atoms with E-state index in [2.05, 4.69) is 16.3 Å². The van der Waals surface area contributed by atoms with Gasteiger partial charge in [-0.1, -0.05) is 6.08 Å². The van der Waals surface area contributed by atoms with E-state index in [1.807, 2.05) is 6.92 Å². The van der Waals surface area contributed by atoms with Crippen LogP contribution in [-0.4, -0.2) is 13.1 Å². The molecule has 1 rings (SSSR count). The average molecular weight is 96.1 g/mol. The topological polar surface area (TPSA) is 24.7 Å². The smallest absolute Gasteiger partial charge is 0.0827 e. The van der Waals surface area contributed by atoms with Gasteiger partial charge in [-0.05, 0) is 12.5 Å². The average Bonchev–Trinajstić information content (AvgIpc) is 2.14. The quantitative estimate of drug-likeness (QED) is 0.407. The summed E-state index contributed by atoms with van der Waals surface area (Å²) in [4.78, 5) is 0. The summed E-state index contributed by atoms with van der Waals surface area (Å²) in [6.07, 6.45) is 2.07. The van der Waals surface area contributed by atoms with Gasteiger partial charge in [-0.3, -0.25) is 0 Å². The van der Waals surface area contributed by atoms with E-state index in [1.54, 1.807) is 0 Å². The Labute approximate surface area is 43.0 Å². The van der Waals surface area contributed by atoms with E-state index >= 15 is 0 Å². The Hall–Kier alpha value is -0.660. The van der Waals surface area contributed by atoms with Gasteiger partial charge >= 0.3 is 0 Å². The zero-order valence-electron chi connectivity index (χ0n) is 4.39. The summed E-state index contributed by atoms with van der Waals surface area (Å²) in [5.74, 6) is 0. The zero-order valence-corrected chi connectivity index (χ0v) is 4.39. The molecule has 0 saturated carbocycles. The van der Waals surface area contributed by atoms with E-state index < -0.39 is 0 Å². The van der Waals surface area contributed by atoms with Crippen LogP contribution >= 0.6 is 0 Å². The first kappa shape index (κ1) is 4.50. The van der Waals surface area contributed by atoms with Gasteiger partial charge in [-0.2, -0.15) is 10.2 Å². The van der Waals surface area contributed by atoms with Crippen molar-refractivity contribution < 1.29 is 0 Å². The van der Waals surface area contributed by atoms with E-state index in [-0.39, 0.29) is 0 Å². The predicted molar refractivity (Wildman–Crippen MR) is 28.3 cm³/mol. The summed E-state index contributed by atoms with van der Waals surface area (Å²) in [7, 11) is 0. The van der Waals surface area contributed by atoms with Crippen LogP contribution in [0.1, 0.15) is 6.92 Å². The standard InChI is InChI=1S/C5H8N2/c1-2-5-3-6-7-4-5/h2H,3-4H2,1H3. The van der Waals surface area contributed by atoms with Gasteiger partial charge in [0, 0.05) is 0 Å². The van der Waals surface area contributed by atoms with E-state index in [0.29, 0.717) is 0 Å². The molecule has 0 aromatic rings. The van der Waals surface area contributed by atoms with Crippen LogP contribution in [0.4, 0.5) is 0 Å². The molecule has 7 heavy (non-hydrogen) atoms. The Balaban J connectivity index is 2.51. The summed E-state index contributed by atoms with van der Waals surface area (Å²) in [5, 5.41) is 7.58. The first-order valence-corrected chi connectivity index (χ1v) is 2.41. The fourth-order valence-electron chi connectivity index (χ4n) is 0.514. The largest absolute Gasteiger partial charge is 0.189 e. The molecule has 0 unspecified atom stereocenters. The van der Waals surface area contributed by atoms with E-state index in [1.165, 1.54) is 5.57 Å². The maximum atomic E-state index is 3.79. The Morgan fingerprint density at radius 2 is 2.00 bits per heavy atom. The van der Waals surface area contributed by atoms with Crippen LogP contribution in [0.15, 0.2) is 21.9 Å². The molecule has 2 nitrogen and oxygen atoms in total. The number of hydrogen-bond acceptors (Lipinski definition) is 2. The third-order valence-electron chi connectivity index (χ3n) is 1.06. The van der Waals surface area contributed by atoms with Crippen molar-refractivity contribution in [2.24, 2.45) is 10.2 Å². The number of allylic oxidation sites excluding steroid dienone is 1. The fourth-order valence-corrected chi connectivity index (χ4v) is 0.514. The van der Waals surface area contributed by atoms with Crippen molar-refractivity contribution in [2.75, 3.05) is 13.1 Å². The lowest BCUT2D eigenvalue weighted by molar-refractivity contribution is 1.11. The van der Waals surface area contributed by atoms with Crippen molar-refractivity contribution >= 4 is 0 Å². The lowest BCUT2D eigenvalue weighted by Gasteiger charge is -1.82. The Morgan fingerprint density at radius 1 is 1.43 bits per heavy atom. The monoisotopic (exact) mass is 96.1 g/mol. The van der Waals surface area contributed by atoms with Crippen molar-refractivity contribution in [3.63, 3.8) is 0 Å². The van der Waals surface area contributed by atoms with Gasteiger partial charge in [0.1, 0.15) is 0 Å². The third-order valence-corrected chi connectivity index (χ3v) is 1.06. The molecule has 0 fully saturated rings. The number of nitrogens with zero attached hydrogens (tertiary/aromatic N) is 2. The van der Waals surface area contributed by atoms with Crippen LogP contribution in [0.2, 0.25) is 0 Å². The molecule has 1 heterocycles. The summed E-state index contributed by atoms with van der Waals surface area (Å²) >= 11 is 0. The number of azo groups is 1. The normalized spacial score (nSPS) is 18.1. The van der Waals surface area contributed by atoms with Crippen molar-refractivity contribution in [2.45, 2.75) is 6.92 Å². The molecular weight excluding hydrogens is 88.1 g/mol. The first-order valence-electron chi connectivity index (χ1n) is 2.41. The highest BCUT2D eigenvalue weighted by Crippen LogP contribution is 2.02. The molecule has 0 atom stereocenters. The molecule has 38 valence electrons. The highest BCUT2D eigenvalue weighted by Gasteiger charge is 1.97. The zero-order chi connectivity index (χ0) is 5.11.